The highest BCUT2D eigenvalue weighted by atomic mass is 16.8. The molecule has 11 rings (SSSR count). The molecular weight excluding hydrogens is 1110 g/mol. The van der Waals surface area contributed by atoms with Gasteiger partial charge in [-0.3, -0.25) is 9.69 Å². The van der Waals surface area contributed by atoms with Crippen molar-refractivity contribution in [3.8, 4) is 28.7 Å². The number of nitrogens with one attached hydrogen (secondary N) is 2. The zero-order chi connectivity index (χ0) is 60.9. The Balaban J connectivity index is 1.06. The number of fused-ring (bicyclic) bond motifs is 6. The molecule has 458 valence electrons. The van der Waals surface area contributed by atoms with Crippen molar-refractivity contribution >= 4 is 29.6 Å². The highest BCUT2D eigenvalue weighted by Gasteiger charge is 2.72. The summed E-state index contributed by atoms with van der Waals surface area (Å²) in [4.78, 5) is 43.4. The molecule has 5 aromatic rings. The minimum Gasteiger partial charge on any atom is -0.508 e. The van der Waals surface area contributed by atoms with Gasteiger partial charge in [0, 0.05) is 77.5 Å². The normalized spacial score (nSPS) is 29.6. The van der Waals surface area contributed by atoms with Crippen molar-refractivity contribution < 1.29 is 80.3 Å². The molecule has 22 heteroatoms. The monoisotopic (exact) mass is 1180 g/mol. The lowest BCUT2D eigenvalue weighted by molar-refractivity contribution is -0.422. The van der Waals surface area contributed by atoms with Crippen LogP contribution in [0.5, 0.6) is 28.7 Å². The van der Waals surface area contributed by atoms with Gasteiger partial charge in [0.25, 0.3) is 5.91 Å². The van der Waals surface area contributed by atoms with Crippen molar-refractivity contribution in [2.24, 2.45) is 33.9 Å². The van der Waals surface area contributed by atoms with Crippen molar-refractivity contribution in [3.05, 3.63) is 142 Å². The average Bonchev–Trinajstić information content (AvgIpc) is 1.48. The molecule has 3 fully saturated rings. The van der Waals surface area contributed by atoms with Crippen LogP contribution < -0.4 is 20.7 Å². The Labute approximate surface area is 496 Å². The van der Waals surface area contributed by atoms with Crippen LogP contribution in [0.3, 0.4) is 0 Å². The van der Waals surface area contributed by atoms with Crippen LogP contribution in [0.4, 0.5) is 5.69 Å². The Morgan fingerprint density at radius 2 is 1.70 bits per heavy atom. The number of carboxylic acid groups (broad SMARTS) is 1. The number of guanidine groups is 1. The minimum absolute atomic E-state index is 0.0350. The number of phenols is 4. The molecule has 12 unspecified atom stereocenters. The molecule has 0 bridgehead atoms. The van der Waals surface area contributed by atoms with Crippen LogP contribution in [0.15, 0.2) is 108 Å². The number of aliphatic hydroxyl groups is 7. The fourth-order valence-electron chi connectivity index (χ4n) is 15.7. The van der Waals surface area contributed by atoms with E-state index in [0.717, 1.165) is 53.9 Å². The highest BCUT2D eigenvalue weighted by molar-refractivity contribution is 6.13. The molecule has 4 aliphatic carbocycles. The Morgan fingerprint density at radius 3 is 2.42 bits per heavy atom. The smallest absolute Gasteiger partial charge is 0.355 e. The summed E-state index contributed by atoms with van der Waals surface area (Å²) in [6.07, 6.45) is 4.61. The SMILES string of the molecule is NC(=NCc1ccccc1)NCC1(CC(O)CCC2=CC3(C(=O)O)C(c4c(cc(OC5(O)OC(CO)C(O)C(O)C5O)c(O)c4O)N3C(=O)C=Cc3ccc(O)c(Cc4cnc[nH]4)c3)C2C23c4c(O)cccc4CCC2CCCC3CO)CCCC1. The van der Waals surface area contributed by atoms with E-state index in [9.17, 15) is 61.3 Å². The predicted octanol–water partition coefficient (Wildman–Crippen LogP) is 4.33. The number of carbonyl (C=O) groups is 2. The lowest BCUT2D eigenvalue weighted by atomic mass is 9.45. The number of aliphatic imine (C=N–C) groups is 1. The summed E-state index contributed by atoms with van der Waals surface area (Å²) in [5.74, 6) is -12.5. The van der Waals surface area contributed by atoms with E-state index >= 15 is 9.59 Å². The van der Waals surface area contributed by atoms with Gasteiger partial charge in [-0.25, -0.2) is 14.8 Å². The molecule has 4 aromatic carbocycles. The lowest BCUT2D eigenvalue weighted by Gasteiger charge is -2.58. The number of nitrogens with zero attached hydrogens (tertiary/aromatic N) is 3. The fourth-order valence-corrected chi connectivity index (χ4v) is 15.7. The first-order chi connectivity index (χ1) is 41.3. The number of H-pyrrole nitrogens is 1. The number of carboxylic acids is 1. The molecule has 3 heterocycles. The number of nitrogens with two attached hydrogens (primary N) is 1. The van der Waals surface area contributed by atoms with Crippen LogP contribution in [0, 0.1) is 23.2 Å². The molecule has 22 nitrogen and oxygen atoms in total. The Kier molecular flexibility index (Phi) is 16.8. The zero-order valence-electron chi connectivity index (χ0n) is 47.5. The van der Waals surface area contributed by atoms with Gasteiger partial charge in [-0.15, -0.1) is 0 Å². The molecule has 0 radical (unpaired) electrons. The van der Waals surface area contributed by atoms with Crippen molar-refractivity contribution in [3.63, 3.8) is 0 Å². The number of benzene rings is 4. The van der Waals surface area contributed by atoms with Crippen LogP contribution >= 0.6 is 0 Å². The second kappa shape index (κ2) is 24.0. The number of amides is 1. The van der Waals surface area contributed by atoms with Gasteiger partial charge in [-0.2, -0.15) is 0 Å². The van der Waals surface area contributed by atoms with Gasteiger partial charge in [0.2, 0.25) is 5.75 Å². The van der Waals surface area contributed by atoms with Gasteiger partial charge >= 0.3 is 11.9 Å². The van der Waals surface area contributed by atoms with E-state index in [1.165, 1.54) is 24.5 Å². The van der Waals surface area contributed by atoms with Crippen molar-refractivity contribution in [1.82, 2.24) is 15.3 Å². The Morgan fingerprint density at radius 1 is 0.919 bits per heavy atom. The number of phenolic OH excluding ortho intramolecular Hbond substituents is 4. The van der Waals surface area contributed by atoms with Crippen LogP contribution in [0.1, 0.15) is 116 Å². The van der Waals surface area contributed by atoms with E-state index in [-0.39, 0.29) is 53.9 Å². The van der Waals surface area contributed by atoms with E-state index in [4.69, 9.17) is 15.2 Å². The van der Waals surface area contributed by atoms with Crippen molar-refractivity contribution in [2.75, 3.05) is 24.7 Å². The number of aryl methyl sites for hydroxylation is 1. The van der Waals surface area contributed by atoms with Crippen LogP contribution in [0.2, 0.25) is 0 Å². The minimum atomic E-state index is -3.36. The van der Waals surface area contributed by atoms with Gasteiger partial charge < -0.3 is 86.8 Å². The number of aromatic amines is 1. The lowest BCUT2D eigenvalue weighted by Crippen LogP contribution is -2.67. The zero-order valence-corrected chi connectivity index (χ0v) is 47.5. The summed E-state index contributed by atoms with van der Waals surface area (Å²) in [5.41, 5.74) is 5.80. The summed E-state index contributed by atoms with van der Waals surface area (Å²) >= 11 is 0. The van der Waals surface area contributed by atoms with Gasteiger partial charge in [-0.1, -0.05) is 73.4 Å². The first kappa shape index (κ1) is 60.2. The second-order valence-electron chi connectivity index (χ2n) is 24.4. The number of anilines is 1. The second-order valence-corrected chi connectivity index (χ2v) is 24.4. The molecule has 1 saturated heterocycles. The topological polar surface area (TPSA) is 378 Å². The number of imidazole rings is 1. The highest BCUT2D eigenvalue weighted by Crippen LogP contribution is 2.72. The number of allylic oxidation sites excluding steroid dienone is 1. The number of aliphatic carboxylic acids is 1. The summed E-state index contributed by atoms with van der Waals surface area (Å²) < 4.78 is 11.1. The first-order valence-corrected chi connectivity index (χ1v) is 29.6. The molecule has 2 saturated carbocycles. The molecule has 1 aromatic heterocycles. The molecule has 16 N–H and O–H groups in total. The van der Waals surface area contributed by atoms with E-state index in [1.807, 2.05) is 36.4 Å². The summed E-state index contributed by atoms with van der Waals surface area (Å²) in [5, 5.41) is 142. The van der Waals surface area contributed by atoms with Gasteiger partial charge in [0.05, 0.1) is 31.3 Å². The number of ether oxygens (including phenoxy) is 2. The van der Waals surface area contributed by atoms with E-state index in [0.29, 0.717) is 79.6 Å². The van der Waals surface area contributed by atoms with Gasteiger partial charge in [0.1, 0.15) is 29.8 Å². The molecule has 2 aliphatic heterocycles. The van der Waals surface area contributed by atoms with Crippen molar-refractivity contribution in [1.29, 1.82) is 0 Å². The number of rotatable bonds is 19. The van der Waals surface area contributed by atoms with Crippen molar-refractivity contribution in [2.45, 2.75) is 143 Å². The number of aliphatic hydroxyl groups excluding tert-OH is 6. The van der Waals surface area contributed by atoms with Gasteiger partial charge in [-0.05, 0) is 122 Å². The average molecular weight is 1190 g/mol. The van der Waals surface area contributed by atoms with E-state index in [2.05, 4.69) is 20.3 Å². The number of hydrogen-bond donors (Lipinski definition) is 15. The predicted molar refractivity (Wildman–Crippen MR) is 313 cm³/mol. The third kappa shape index (κ3) is 10.5. The first-order valence-electron chi connectivity index (χ1n) is 29.6. The van der Waals surface area contributed by atoms with Gasteiger partial charge in [0.15, 0.2) is 29.1 Å². The number of aromatic hydroxyl groups is 4. The maximum absolute atomic E-state index is 15.7. The molecule has 1 amide bonds. The van der Waals surface area contributed by atoms with Crippen LogP contribution in [0.25, 0.3) is 6.08 Å². The standard InChI is InChI=1S/C64H76N6O16/c65-60(67-29-36-8-2-1-3-9-36)68-33-61(22-4-5-23-61)28-43(73)19-17-38-27-62(59(82)83)53(52(38)63-40(11-7-12-41(63)31-71)18-16-37-10-6-13-46(75)51(37)63)50-44(26-47(54(77)56(50)79)85-64(84)58(81)57(80)55(78)48(32-72)86-64)70(62)49(76)21-15-35-14-20-45(74)39(24-35)25-42-30-66-34-69-42/h1-3,6,8-10,13-15,20-21,24,26-27,30,34,40-41,43,48,52-53,55,57-58,71-75,77-81,84H,4-5,7,11-12,16-19,22-23,25,28-29,31-33H2,(H,66,69)(H,82,83)(H3,65,67,68). The molecule has 12 atom stereocenters. The Bertz CT molecular complexity index is 3410. The molecule has 86 heavy (non-hydrogen) atoms. The van der Waals surface area contributed by atoms with Crippen LogP contribution in [-0.2, 0) is 39.1 Å². The summed E-state index contributed by atoms with van der Waals surface area (Å²) in [6, 6.07) is 20.4. The maximum atomic E-state index is 15.7. The maximum Gasteiger partial charge on any atom is 0.355 e. The third-order valence-electron chi connectivity index (χ3n) is 19.5. The molecule has 6 aliphatic rings. The molecule has 0 spiro atoms. The largest absolute Gasteiger partial charge is 0.508 e. The third-order valence-corrected chi connectivity index (χ3v) is 19.5. The Hall–Kier alpha value is -7.54. The molecular formula is C64H76N6O16. The van der Waals surface area contributed by atoms with E-state index < -0.39 is 113 Å². The number of hydrogen-bond acceptors (Lipinski definition) is 17. The summed E-state index contributed by atoms with van der Waals surface area (Å²) in [7, 11) is 0. The summed E-state index contributed by atoms with van der Waals surface area (Å²) in [6.45, 7) is -0.603. The van der Waals surface area contributed by atoms with Crippen LogP contribution in [-0.4, -0.2) is 151 Å². The fraction of sp³-hybridized carbons (Fsp3) is 0.469. The van der Waals surface area contributed by atoms with E-state index in [1.54, 1.807) is 30.5 Å². The number of aromatic nitrogens is 2. The number of carbonyl (C=O) groups excluding carboxylic acids is 1. The quantitative estimate of drug-likeness (QED) is 0.0137.